The SMILES string of the molecule is CN1CC[C@@](O)(C#Cc2cccc(-c3nc(C(N)=O)c4c(n3)N(C)CC4)c2)C1=O. The molecular weight excluding hydrogens is 370 g/mol. The van der Waals surface area contributed by atoms with E-state index in [1.54, 1.807) is 25.2 Å². The number of anilines is 1. The first-order valence-electron chi connectivity index (χ1n) is 9.32. The molecule has 2 aliphatic rings. The molecule has 1 atom stereocenters. The van der Waals surface area contributed by atoms with Gasteiger partial charge in [-0.2, -0.15) is 0 Å². The maximum atomic E-state index is 12.1. The average molecular weight is 391 g/mol. The third-order valence-corrected chi connectivity index (χ3v) is 5.32. The van der Waals surface area contributed by atoms with Crippen molar-refractivity contribution in [3.63, 3.8) is 0 Å². The van der Waals surface area contributed by atoms with Gasteiger partial charge in [0.2, 0.25) is 5.60 Å². The van der Waals surface area contributed by atoms with E-state index < -0.39 is 17.4 Å². The highest BCUT2D eigenvalue weighted by molar-refractivity contribution is 5.94. The smallest absolute Gasteiger partial charge is 0.267 e. The van der Waals surface area contributed by atoms with Crippen LogP contribution in [0.2, 0.25) is 0 Å². The van der Waals surface area contributed by atoms with Crippen LogP contribution in [0.5, 0.6) is 0 Å². The fraction of sp³-hybridized carbons (Fsp3) is 0.333. The number of nitrogens with two attached hydrogens (primary N) is 1. The quantitative estimate of drug-likeness (QED) is 0.706. The molecule has 2 aliphatic heterocycles. The minimum Gasteiger partial charge on any atom is -0.369 e. The van der Waals surface area contributed by atoms with Gasteiger partial charge in [-0.3, -0.25) is 9.59 Å². The van der Waals surface area contributed by atoms with Crippen molar-refractivity contribution in [1.82, 2.24) is 14.9 Å². The van der Waals surface area contributed by atoms with Gasteiger partial charge < -0.3 is 20.6 Å². The van der Waals surface area contributed by atoms with Crippen LogP contribution in [0, 0.1) is 11.8 Å². The van der Waals surface area contributed by atoms with Crippen LogP contribution in [0.15, 0.2) is 24.3 Å². The first kappa shape index (κ1) is 18.9. The van der Waals surface area contributed by atoms with Crippen LogP contribution in [-0.2, 0) is 11.2 Å². The third-order valence-electron chi connectivity index (χ3n) is 5.32. The summed E-state index contributed by atoms with van der Waals surface area (Å²) in [6, 6.07) is 7.14. The zero-order valence-corrected chi connectivity index (χ0v) is 16.3. The Kier molecular flexibility index (Phi) is 4.47. The molecule has 2 aromatic rings. The first-order chi connectivity index (χ1) is 13.8. The van der Waals surface area contributed by atoms with E-state index in [-0.39, 0.29) is 12.1 Å². The van der Waals surface area contributed by atoms with Crippen LogP contribution < -0.4 is 10.6 Å². The maximum absolute atomic E-state index is 12.1. The topological polar surface area (TPSA) is 113 Å². The van der Waals surface area contributed by atoms with E-state index in [1.165, 1.54) is 4.90 Å². The zero-order chi connectivity index (χ0) is 20.8. The van der Waals surface area contributed by atoms with Gasteiger partial charge in [-0.25, -0.2) is 9.97 Å². The highest BCUT2D eigenvalue weighted by Crippen LogP contribution is 2.30. The summed E-state index contributed by atoms with van der Waals surface area (Å²) in [5, 5.41) is 10.5. The lowest BCUT2D eigenvalue weighted by Crippen LogP contribution is -2.37. The second-order valence-corrected chi connectivity index (χ2v) is 7.40. The molecule has 4 rings (SSSR count). The second kappa shape index (κ2) is 6.87. The van der Waals surface area contributed by atoms with E-state index >= 15 is 0 Å². The number of fused-ring (bicyclic) bond motifs is 1. The second-order valence-electron chi connectivity index (χ2n) is 7.40. The third kappa shape index (κ3) is 3.30. The van der Waals surface area contributed by atoms with Crippen molar-refractivity contribution in [2.24, 2.45) is 5.73 Å². The van der Waals surface area contributed by atoms with Gasteiger partial charge >= 0.3 is 0 Å². The standard InChI is InChI=1S/C21H21N5O3/c1-25-10-7-15-16(17(22)27)23-18(24-19(15)25)14-5-3-4-13(12-14)6-8-21(29)9-11-26(2)20(21)28/h3-5,12,29H,7,9-11H2,1-2H3,(H2,22,27)/t21-/m0/s1. The highest BCUT2D eigenvalue weighted by Gasteiger charge is 2.42. The van der Waals surface area contributed by atoms with Gasteiger partial charge in [0.15, 0.2) is 5.82 Å². The van der Waals surface area contributed by atoms with Gasteiger partial charge in [-0.15, -0.1) is 0 Å². The number of primary amides is 1. The molecule has 1 aromatic carbocycles. The lowest BCUT2D eigenvalue weighted by atomic mass is 10.0. The molecule has 0 spiro atoms. The maximum Gasteiger partial charge on any atom is 0.267 e. The van der Waals surface area contributed by atoms with Gasteiger partial charge in [0.25, 0.3) is 11.8 Å². The molecule has 148 valence electrons. The highest BCUT2D eigenvalue weighted by atomic mass is 16.3. The van der Waals surface area contributed by atoms with Crippen molar-refractivity contribution in [2.45, 2.75) is 18.4 Å². The Hall–Kier alpha value is -3.44. The molecule has 1 aromatic heterocycles. The summed E-state index contributed by atoms with van der Waals surface area (Å²) in [4.78, 5) is 36.4. The van der Waals surface area contributed by atoms with Gasteiger partial charge in [-0.1, -0.05) is 24.0 Å². The molecule has 8 heteroatoms. The van der Waals surface area contributed by atoms with Gasteiger partial charge in [0.05, 0.1) is 0 Å². The number of nitrogens with zero attached hydrogens (tertiary/aromatic N) is 4. The van der Waals surface area contributed by atoms with Crippen LogP contribution in [0.3, 0.4) is 0 Å². The lowest BCUT2D eigenvalue weighted by molar-refractivity contribution is -0.137. The molecule has 3 heterocycles. The van der Waals surface area contributed by atoms with Crippen molar-refractivity contribution in [1.29, 1.82) is 0 Å². The van der Waals surface area contributed by atoms with Crippen LogP contribution in [-0.4, -0.2) is 64.6 Å². The van der Waals surface area contributed by atoms with Crippen molar-refractivity contribution < 1.29 is 14.7 Å². The molecule has 2 amide bonds. The van der Waals surface area contributed by atoms with Crippen LogP contribution in [0.1, 0.15) is 28.0 Å². The molecule has 29 heavy (non-hydrogen) atoms. The van der Waals surface area contributed by atoms with E-state index in [1.807, 2.05) is 18.0 Å². The molecule has 8 nitrogen and oxygen atoms in total. The fourth-order valence-electron chi connectivity index (χ4n) is 3.62. The minimum absolute atomic E-state index is 0.236. The number of benzene rings is 1. The number of carbonyl (C=O) groups is 2. The van der Waals surface area contributed by atoms with E-state index in [4.69, 9.17) is 5.73 Å². The molecule has 0 saturated carbocycles. The van der Waals surface area contributed by atoms with Crippen molar-refractivity contribution in [2.75, 3.05) is 32.1 Å². The number of hydrogen-bond donors (Lipinski definition) is 2. The summed E-state index contributed by atoms with van der Waals surface area (Å²) in [5.41, 5.74) is 6.16. The monoisotopic (exact) mass is 391 g/mol. The van der Waals surface area contributed by atoms with Gasteiger partial charge in [0.1, 0.15) is 11.5 Å². The molecule has 0 unspecified atom stereocenters. The minimum atomic E-state index is -1.66. The normalized spacial score (nSPS) is 20.4. The summed E-state index contributed by atoms with van der Waals surface area (Å²) >= 11 is 0. The number of likely N-dealkylation sites (N-methyl/N-ethyl adjacent to an activating group) is 2. The number of carbonyl (C=O) groups excluding carboxylic acids is 2. The number of aliphatic hydroxyl groups is 1. The molecule has 1 fully saturated rings. The zero-order valence-electron chi connectivity index (χ0n) is 16.3. The van der Waals surface area contributed by atoms with E-state index in [2.05, 4.69) is 21.8 Å². The number of likely N-dealkylation sites (tertiary alicyclic amines) is 1. The predicted molar refractivity (Wildman–Crippen MR) is 107 cm³/mol. The van der Waals surface area contributed by atoms with Gasteiger partial charge in [-0.05, 0) is 18.6 Å². The van der Waals surface area contributed by atoms with E-state index in [0.717, 1.165) is 12.1 Å². The molecule has 0 bridgehead atoms. The van der Waals surface area contributed by atoms with Crippen molar-refractivity contribution >= 4 is 17.6 Å². The number of hydrogen-bond acceptors (Lipinski definition) is 6. The molecule has 0 radical (unpaired) electrons. The molecule has 0 aliphatic carbocycles. The summed E-state index contributed by atoms with van der Waals surface area (Å²) in [5.74, 6) is 5.69. The molecular formula is C21H21N5O3. The Morgan fingerprint density at radius 1 is 1.24 bits per heavy atom. The summed E-state index contributed by atoms with van der Waals surface area (Å²) in [6.07, 6.45) is 0.953. The van der Waals surface area contributed by atoms with Crippen molar-refractivity contribution in [3.8, 4) is 23.2 Å². The number of amides is 2. The fourth-order valence-corrected chi connectivity index (χ4v) is 3.62. The average Bonchev–Trinajstić information content (AvgIpc) is 3.21. The first-order valence-corrected chi connectivity index (χ1v) is 9.32. The number of aromatic nitrogens is 2. The molecule has 3 N–H and O–H groups in total. The summed E-state index contributed by atoms with van der Waals surface area (Å²) < 4.78 is 0. The predicted octanol–water partition coefficient (Wildman–Crippen LogP) is 0.179. The number of rotatable bonds is 2. The Morgan fingerprint density at radius 3 is 2.72 bits per heavy atom. The Balaban J connectivity index is 1.72. The summed E-state index contributed by atoms with van der Waals surface area (Å²) in [7, 11) is 3.55. The largest absolute Gasteiger partial charge is 0.369 e. The Morgan fingerprint density at radius 2 is 2.03 bits per heavy atom. The summed E-state index contributed by atoms with van der Waals surface area (Å²) in [6.45, 7) is 1.22. The van der Waals surface area contributed by atoms with Crippen LogP contribution >= 0.6 is 0 Å². The van der Waals surface area contributed by atoms with E-state index in [9.17, 15) is 14.7 Å². The lowest BCUT2D eigenvalue weighted by Gasteiger charge is -2.13. The van der Waals surface area contributed by atoms with Crippen LogP contribution in [0.25, 0.3) is 11.4 Å². The van der Waals surface area contributed by atoms with Crippen LogP contribution in [0.4, 0.5) is 5.82 Å². The molecule has 1 saturated heterocycles. The van der Waals surface area contributed by atoms with Crippen molar-refractivity contribution in [3.05, 3.63) is 41.1 Å². The Bertz CT molecular complexity index is 1090. The van der Waals surface area contributed by atoms with Gasteiger partial charge in [0, 0.05) is 50.3 Å². The Labute approximate surface area is 168 Å². The van der Waals surface area contributed by atoms with E-state index in [0.29, 0.717) is 35.7 Å².